The van der Waals surface area contributed by atoms with Gasteiger partial charge in [0.15, 0.2) is 18.3 Å². The quantitative estimate of drug-likeness (QED) is 0.0313. The summed E-state index contributed by atoms with van der Waals surface area (Å²) in [5.41, 5.74) is 16.1. The number of nitrogens with zero attached hydrogens (tertiary/aromatic N) is 1. The third kappa shape index (κ3) is 8.93. The molecule has 4 aromatic carbocycles. The van der Waals surface area contributed by atoms with Gasteiger partial charge >= 0.3 is 5.97 Å². The van der Waals surface area contributed by atoms with E-state index in [1.807, 2.05) is 32.3 Å². The van der Waals surface area contributed by atoms with Gasteiger partial charge in [0.05, 0.1) is 5.92 Å². The number of rotatable bonds is 15. The molecule has 1 spiro atoms. The molecule has 0 amide bonds. The number of aliphatic hydroxyl groups excluding tert-OH is 1. The number of aromatic nitrogens is 1. The second-order valence-electron chi connectivity index (χ2n) is 18.4. The van der Waals surface area contributed by atoms with E-state index < -0.39 is 30.2 Å². The lowest BCUT2D eigenvalue weighted by atomic mass is 9.64. The van der Waals surface area contributed by atoms with Gasteiger partial charge in [0.2, 0.25) is 0 Å². The molecule has 1 fully saturated rings. The van der Waals surface area contributed by atoms with Crippen molar-refractivity contribution in [2.45, 2.75) is 88.3 Å². The second-order valence-corrected chi connectivity index (χ2v) is 18.4. The summed E-state index contributed by atoms with van der Waals surface area (Å²) < 4.78 is 25.7. The molecule has 350 valence electrons. The third-order valence-corrected chi connectivity index (χ3v) is 14.2. The van der Waals surface area contributed by atoms with Crippen molar-refractivity contribution in [3.05, 3.63) is 117 Å². The number of carbonyl (C=O) groups is 1. The van der Waals surface area contributed by atoms with Crippen LogP contribution in [0.15, 0.2) is 72.8 Å². The molecule has 0 radical (unpaired) electrons. The first kappa shape index (κ1) is 45.7. The summed E-state index contributed by atoms with van der Waals surface area (Å²) in [7, 11) is 3.71. The summed E-state index contributed by atoms with van der Waals surface area (Å²) in [5, 5.41) is 42.9. The monoisotopic (exact) mass is 907 g/mol. The minimum atomic E-state index is -0.674. The number of benzene rings is 4. The van der Waals surface area contributed by atoms with Gasteiger partial charge in [0.1, 0.15) is 47.6 Å². The van der Waals surface area contributed by atoms with Gasteiger partial charge < -0.3 is 56.0 Å². The van der Waals surface area contributed by atoms with Gasteiger partial charge in [-0.3, -0.25) is 4.79 Å². The number of phenols is 2. The lowest BCUT2D eigenvalue weighted by Crippen LogP contribution is -2.37. The first-order valence-corrected chi connectivity index (χ1v) is 23.5. The van der Waals surface area contributed by atoms with Crippen molar-refractivity contribution >= 4 is 17.5 Å². The number of aryl methyl sites for hydroxylation is 1. The average molecular weight is 908 g/mol. The highest BCUT2D eigenvalue weighted by atomic mass is 16.6. The number of esters is 1. The SMILES string of the molecule is CCNc1ccccc1CC[C@H]1c2ccc(N)nc2C#CCc2cc(O)c(OC(CNC)CNC)cc2[C@H]2Oc3c(ccc4c3[C@]3(CC[C@@H]1C3)Cc1cc(O)cc(OCO)c1-4)[C@@H]2COC(C)=O. The number of nitrogens with one attached hydrogen (secondary N) is 3. The first-order chi connectivity index (χ1) is 32.5. The predicted molar refractivity (Wildman–Crippen MR) is 258 cm³/mol. The molecule has 9 rings (SSSR count). The zero-order chi connectivity index (χ0) is 46.8. The molecule has 5 aromatic rings. The van der Waals surface area contributed by atoms with Crippen molar-refractivity contribution in [2.75, 3.05) is 58.2 Å². The number of hydrogen-bond donors (Lipinski definition) is 7. The van der Waals surface area contributed by atoms with E-state index >= 15 is 0 Å². The molecular formula is C54H61N5O8. The molecule has 0 saturated heterocycles. The van der Waals surface area contributed by atoms with Crippen LogP contribution >= 0.6 is 0 Å². The van der Waals surface area contributed by atoms with Crippen molar-refractivity contribution in [3.63, 3.8) is 0 Å². The number of pyridine rings is 1. The summed E-state index contributed by atoms with van der Waals surface area (Å²) in [6.07, 6.45) is 4.01. The van der Waals surface area contributed by atoms with Crippen LogP contribution in [0.4, 0.5) is 11.5 Å². The summed E-state index contributed by atoms with van der Waals surface area (Å²) in [6, 6.07) is 23.6. The Bertz CT molecular complexity index is 2730. The van der Waals surface area contributed by atoms with Crippen LogP contribution in [0.2, 0.25) is 0 Å². The van der Waals surface area contributed by atoms with E-state index in [1.165, 1.54) is 12.5 Å². The Labute approximate surface area is 392 Å². The van der Waals surface area contributed by atoms with Crippen molar-refractivity contribution in [2.24, 2.45) is 5.92 Å². The molecule has 13 nitrogen and oxygen atoms in total. The number of para-hydroxylation sites is 1. The Morgan fingerprint density at radius 1 is 0.985 bits per heavy atom. The van der Waals surface area contributed by atoms with Crippen LogP contribution in [0.1, 0.15) is 102 Å². The normalized spacial score (nSPS) is 20.8. The Morgan fingerprint density at radius 2 is 1.79 bits per heavy atom. The van der Waals surface area contributed by atoms with Gasteiger partial charge in [-0.25, -0.2) is 4.98 Å². The fourth-order valence-corrected chi connectivity index (χ4v) is 11.5. The Morgan fingerprint density at radius 3 is 2.57 bits per heavy atom. The van der Waals surface area contributed by atoms with Crippen molar-refractivity contribution in [3.8, 4) is 51.7 Å². The van der Waals surface area contributed by atoms with E-state index in [-0.39, 0.29) is 42.5 Å². The van der Waals surface area contributed by atoms with E-state index in [0.29, 0.717) is 42.5 Å². The molecular weight excluding hydrogens is 847 g/mol. The van der Waals surface area contributed by atoms with E-state index in [4.69, 9.17) is 29.7 Å². The number of aliphatic hydroxyl groups is 1. The minimum absolute atomic E-state index is 0.0340. The number of carbonyl (C=O) groups excluding carboxylic acids is 1. The minimum Gasteiger partial charge on any atom is -0.508 e. The smallest absolute Gasteiger partial charge is 0.302 e. The Balaban J connectivity index is 1.28. The molecule has 4 bridgehead atoms. The average Bonchev–Trinajstić information content (AvgIpc) is 3.89. The van der Waals surface area contributed by atoms with Gasteiger partial charge in [-0.1, -0.05) is 42.3 Å². The molecule has 3 heterocycles. The zero-order valence-electron chi connectivity index (χ0n) is 38.7. The van der Waals surface area contributed by atoms with Crippen LogP contribution in [-0.2, 0) is 34.2 Å². The molecule has 67 heavy (non-hydrogen) atoms. The Hall–Kier alpha value is -6.46. The van der Waals surface area contributed by atoms with E-state index in [2.05, 4.69) is 77.2 Å². The summed E-state index contributed by atoms with van der Waals surface area (Å²) in [5.74, 6) is 8.09. The fraction of sp³-hybridized carbons (Fsp3) is 0.407. The number of likely N-dealkylation sites (N-methyl/N-ethyl adjacent to an activating group) is 2. The van der Waals surface area contributed by atoms with Gasteiger partial charge in [0, 0.05) is 72.4 Å². The highest BCUT2D eigenvalue weighted by Crippen LogP contribution is 2.63. The topological polar surface area (TPSA) is 190 Å². The standard InChI is InChI=1S/C54H61N5O8/c1-5-58-44-11-7-6-9-32(44)13-14-38-34-19-20-54(25-34)26-35-21-36(62)23-48(65-30-60)50(35)41-16-15-40-43(29-64-31(2)61)52(67-53(40)51(41)54)42-24-47(66-37(27-56-3)28-57-4)46(63)22-33(42)10-8-12-45-39(38)17-18-49(55)59-45/h6-7,9,11,15-18,21-24,34,37-38,43,52,56-58,60,62-63H,5,10,13-14,19-20,25-30H2,1-4H3,(H2,55,59)/t34-,38-,43+,52-,54+/m1/s1. The second kappa shape index (κ2) is 19.4. The molecule has 13 heteroatoms. The number of nitrogens with two attached hydrogens (primary N) is 1. The maximum atomic E-state index is 12.6. The molecule has 0 unspecified atom stereocenters. The lowest BCUT2D eigenvalue weighted by Gasteiger charge is -2.40. The van der Waals surface area contributed by atoms with Crippen LogP contribution < -0.4 is 35.9 Å². The summed E-state index contributed by atoms with van der Waals surface area (Å²) in [6.45, 7) is 4.86. The van der Waals surface area contributed by atoms with Gasteiger partial charge in [-0.15, -0.1) is 0 Å². The Kier molecular flexibility index (Phi) is 13.2. The van der Waals surface area contributed by atoms with E-state index in [0.717, 1.165) is 94.6 Å². The highest BCUT2D eigenvalue weighted by Gasteiger charge is 2.52. The van der Waals surface area contributed by atoms with Crippen LogP contribution in [0, 0.1) is 17.8 Å². The highest BCUT2D eigenvalue weighted by molar-refractivity contribution is 5.84. The van der Waals surface area contributed by atoms with Gasteiger partial charge in [-0.2, -0.15) is 0 Å². The van der Waals surface area contributed by atoms with Crippen LogP contribution in [0.5, 0.6) is 28.7 Å². The van der Waals surface area contributed by atoms with Crippen molar-refractivity contribution in [1.82, 2.24) is 15.6 Å². The van der Waals surface area contributed by atoms with Crippen molar-refractivity contribution < 1.29 is 39.1 Å². The van der Waals surface area contributed by atoms with Gasteiger partial charge in [0.25, 0.3) is 0 Å². The largest absolute Gasteiger partial charge is 0.508 e. The van der Waals surface area contributed by atoms with Crippen LogP contribution in [0.3, 0.4) is 0 Å². The summed E-state index contributed by atoms with van der Waals surface area (Å²) >= 11 is 0. The number of hydrogen-bond acceptors (Lipinski definition) is 13. The number of phenolic OH excluding ortho intramolecular Hbond substituents is 2. The number of anilines is 2. The van der Waals surface area contributed by atoms with E-state index in [9.17, 15) is 20.1 Å². The molecule has 2 aliphatic heterocycles. The maximum Gasteiger partial charge on any atom is 0.302 e. The predicted octanol–water partition coefficient (Wildman–Crippen LogP) is 7.39. The first-order valence-electron chi connectivity index (χ1n) is 23.5. The molecule has 1 saturated carbocycles. The van der Waals surface area contributed by atoms with Crippen LogP contribution in [-0.4, -0.2) is 79.5 Å². The van der Waals surface area contributed by atoms with Crippen molar-refractivity contribution in [1.29, 1.82) is 0 Å². The molecule has 4 aliphatic rings. The summed E-state index contributed by atoms with van der Waals surface area (Å²) in [4.78, 5) is 17.5. The van der Waals surface area contributed by atoms with Crippen LogP contribution in [0.25, 0.3) is 11.1 Å². The van der Waals surface area contributed by atoms with E-state index in [1.54, 1.807) is 12.1 Å². The molecule has 8 N–H and O–H groups in total. The maximum absolute atomic E-state index is 12.6. The zero-order valence-corrected chi connectivity index (χ0v) is 38.7. The molecule has 2 aliphatic carbocycles. The third-order valence-electron chi connectivity index (χ3n) is 14.2. The number of nitrogen functional groups attached to an aromatic ring is 1. The lowest BCUT2D eigenvalue weighted by molar-refractivity contribution is -0.141. The fourth-order valence-electron chi connectivity index (χ4n) is 11.5. The number of ether oxygens (including phenoxy) is 4. The number of aromatic hydroxyl groups is 2. The molecule has 5 atom stereocenters. The van der Waals surface area contributed by atoms with Gasteiger partial charge in [-0.05, 0) is 135 Å². The molecule has 1 aromatic heterocycles. The number of fused-ring (bicyclic) bond motifs is 7.